The molecule has 0 aromatic rings. The Labute approximate surface area is 50.2 Å². The molecule has 0 aromatic carbocycles. The maximum atomic E-state index is 10.3. The van der Waals surface area contributed by atoms with Crippen LogP contribution in [-0.4, -0.2) is 4.21 Å². The molecule has 0 amide bonds. The van der Waals surface area contributed by atoms with Crippen molar-refractivity contribution in [1.29, 1.82) is 0 Å². The maximum Gasteiger partial charge on any atom is 0.417 e. The predicted octanol–water partition coefficient (Wildman–Crippen LogP) is 0.863. The van der Waals surface area contributed by atoms with Crippen LogP contribution in [0.1, 0.15) is 13.8 Å². The van der Waals surface area contributed by atoms with E-state index < -0.39 is 11.4 Å². The van der Waals surface area contributed by atoms with Gasteiger partial charge in [-0.05, 0) is 13.8 Å². The van der Waals surface area contributed by atoms with Gasteiger partial charge in [-0.15, -0.1) is 0 Å². The summed E-state index contributed by atoms with van der Waals surface area (Å²) in [6, 6.07) is 0. The van der Waals surface area contributed by atoms with Crippen LogP contribution in [0.2, 0.25) is 0 Å². The number of hydrogen-bond acceptors (Lipinski definition) is 3. The second-order valence-electron chi connectivity index (χ2n) is 1.48. The largest absolute Gasteiger partial charge is 0.417 e. The van der Waals surface area contributed by atoms with Gasteiger partial charge in [0.05, 0.1) is 0 Å². The molecule has 1 aliphatic heterocycles. The van der Waals surface area contributed by atoms with Crippen molar-refractivity contribution in [3.05, 3.63) is 11.5 Å². The highest BCUT2D eigenvalue weighted by atomic mass is 32.2. The molecule has 0 aliphatic carbocycles. The maximum absolute atomic E-state index is 10.3. The van der Waals surface area contributed by atoms with Crippen molar-refractivity contribution >= 4 is 11.4 Å². The summed E-state index contributed by atoms with van der Waals surface area (Å²) < 4.78 is 19.5. The first-order valence-electron chi connectivity index (χ1n) is 2.16. The van der Waals surface area contributed by atoms with E-state index in [1.54, 1.807) is 13.8 Å². The van der Waals surface area contributed by atoms with E-state index in [1.165, 1.54) is 0 Å². The third-order valence-electron chi connectivity index (χ3n) is 0.882. The summed E-state index contributed by atoms with van der Waals surface area (Å²) in [5, 5.41) is 0. The summed E-state index contributed by atoms with van der Waals surface area (Å²) in [7, 11) is 0. The Morgan fingerprint density at radius 3 is 1.75 bits per heavy atom. The van der Waals surface area contributed by atoms with Gasteiger partial charge in [0.25, 0.3) is 0 Å². The molecule has 8 heavy (non-hydrogen) atoms. The average molecular weight is 134 g/mol. The third-order valence-corrected chi connectivity index (χ3v) is 1.65. The van der Waals surface area contributed by atoms with Crippen LogP contribution in [0.3, 0.4) is 0 Å². The molecule has 1 heterocycles. The summed E-state index contributed by atoms with van der Waals surface area (Å²) in [6.45, 7) is 3.42. The van der Waals surface area contributed by atoms with Gasteiger partial charge >= 0.3 is 11.4 Å². The molecule has 46 valence electrons. The van der Waals surface area contributed by atoms with Gasteiger partial charge in [0.15, 0.2) is 11.5 Å². The van der Waals surface area contributed by atoms with E-state index in [4.69, 9.17) is 0 Å². The molecular formula is C4H6O3S. The zero-order valence-corrected chi connectivity index (χ0v) is 5.45. The first kappa shape index (κ1) is 5.62. The van der Waals surface area contributed by atoms with Crippen molar-refractivity contribution in [2.24, 2.45) is 0 Å². The highest BCUT2D eigenvalue weighted by Crippen LogP contribution is 2.17. The third kappa shape index (κ3) is 0.838. The van der Waals surface area contributed by atoms with Gasteiger partial charge in [-0.2, -0.15) is 4.21 Å². The minimum absolute atomic E-state index is 0.600. The SMILES string of the molecule is CC1=C(C)OS(=O)O1. The standard InChI is InChI=1S/C4H6O3S/c1-3-4(2)7-8(5)6-3/h1-2H3. The van der Waals surface area contributed by atoms with E-state index in [0.29, 0.717) is 11.5 Å². The summed E-state index contributed by atoms with van der Waals surface area (Å²) in [4.78, 5) is 0. The molecule has 0 radical (unpaired) electrons. The van der Waals surface area contributed by atoms with Gasteiger partial charge in [0, 0.05) is 0 Å². The molecular weight excluding hydrogens is 128 g/mol. The molecule has 0 unspecified atom stereocenters. The summed E-state index contributed by atoms with van der Waals surface area (Å²) >= 11 is -1.56. The minimum atomic E-state index is -1.56. The molecule has 3 nitrogen and oxygen atoms in total. The number of allylic oxidation sites excluding steroid dienone is 2. The van der Waals surface area contributed by atoms with Crippen LogP contribution in [0.4, 0.5) is 0 Å². The van der Waals surface area contributed by atoms with Gasteiger partial charge in [-0.1, -0.05) is 0 Å². The average Bonchev–Trinajstić information content (AvgIpc) is 1.85. The smallest absolute Gasteiger partial charge is 0.372 e. The molecule has 4 heteroatoms. The fraction of sp³-hybridized carbons (Fsp3) is 0.500. The van der Waals surface area contributed by atoms with Crippen LogP contribution in [0, 0.1) is 0 Å². The van der Waals surface area contributed by atoms with Gasteiger partial charge in [0.2, 0.25) is 0 Å². The lowest BCUT2D eigenvalue weighted by molar-refractivity contribution is 0.424. The second-order valence-corrected chi connectivity index (χ2v) is 2.22. The highest BCUT2D eigenvalue weighted by molar-refractivity contribution is 7.75. The zero-order chi connectivity index (χ0) is 6.15. The Kier molecular flexibility index (Phi) is 1.25. The van der Waals surface area contributed by atoms with E-state index in [0.717, 1.165) is 0 Å². The van der Waals surface area contributed by atoms with Crippen LogP contribution in [0.25, 0.3) is 0 Å². The normalized spacial score (nSPS) is 20.8. The van der Waals surface area contributed by atoms with E-state index in [9.17, 15) is 4.21 Å². The van der Waals surface area contributed by atoms with E-state index in [1.807, 2.05) is 0 Å². The Morgan fingerprint density at radius 2 is 1.62 bits per heavy atom. The number of hydrogen-bond donors (Lipinski definition) is 0. The first-order chi connectivity index (χ1) is 3.70. The Bertz CT molecular complexity index is 145. The monoisotopic (exact) mass is 134 g/mol. The summed E-state index contributed by atoms with van der Waals surface area (Å²) in [5.41, 5.74) is 0. The van der Waals surface area contributed by atoms with E-state index in [-0.39, 0.29) is 0 Å². The molecule has 0 spiro atoms. The fourth-order valence-corrected chi connectivity index (χ4v) is 1.02. The molecule has 1 aliphatic rings. The Morgan fingerprint density at radius 1 is 1.25 bits per heavy atom. The van der Waals surface area contributed by atoms with Gasteiger partial charge in [-0.25, -0.2) is 0 Å². The minimum Gasteiger partial charge on any atom is -0.372 e. The van der Waals surface area contributed by atoms with Crippen LogP contribution in [-0.2, 0) is 19.7 Å². The Balaban J connectivity index is 2.73. The summed E-state index contributed by atoms with van der Waals surface area (Å²) in [5.74, 6) is 1.20. The predicted molar refractivity (Wildman–Crippen MR) is 28.7 cm³/mol. The molecule has 1 rings (SSSR count). The van der Waals surface area contributed by atoms with E-state index >= 15 is 0 Å². The Hall–Kier alpha value is -0.510. The molecule has 0 saturated heterocycles. The van der Waals surface area contributed by atoms with Crippen LogP contribution in [0.5, 0.6) is 0 Å². The first-order valence-corrected chi connectivity index (χ1v) is 3.16. The quantitative estimate of drug-likeness (QED) is 0.493. The molecule has 0 aromatic heterocycles. The molecule has 0 atom stereocenters. The fourth-order valence-electron chi connectivity index (χ4n) is 0.338. The van der Waals surface area contributed by atoms with Crippen molar-refractivity contribution in [2.45, 2.75) is 13.8 Å². The number of rotatable bonds is 0. The van der Waals surface area contributed by atoms with Crippen molar-refractivity contribution < 1.29 is 12.6 Å². The zero-order valence-electron chi connectivity index (χ0n) is 4.63. The topological polar surface area (TPSA) is 35.5 Å². The highest BCUT2D eigenvalue weighted by Gasteiger charge is 2.16. The van der Waals surface area contributed by atoms with Crippen molar-refractivity contribution in [2.75, 3.05) is 0 Å². The lowest BCUT2D eigenvalue weighted by Gasteiger charge is -1.85. The van der Waals surface area contributed by atoms with E-state index in [2.05, 4.69) is 8.37 Å². The van der Waals surface area contributed by atoms with Crippen molar-refractivity contribution in [3.8, 4) is 0 Å². The molecule has 0 bridgehead atoms. The molecule has 0 N–H and O–H groups in total. The van der Waals surface area contributed by atoms with Gasteiger partial charge in [0.1, 0.15) is 0 Å². The second kappa shape index (κ2) is 1.78. The molecule has 0 fully saturated rings. The lowest BCUT2D eigenvalue weighted by Crippen LogP contribution is -1.84. The van der Waals surface area contributed by atoms with Crippen LogP contribution >= 0.6 is 0 Å². The van der Waals surface area contributed by atoms with Crippen LogP contribution in [0.15, 0.2) is 11.5 Å². The summed E-state index contributed by atoms with van der Waals surface area (Å²) in [6.07, 6.45) is 0. The van der Waals surface area contributed by atoms with Crippen LogP contribution < -0.4 is 0 Å². The van der Waals surface area contributed by atoms with Crippen molar-refractivity contribution in [1.82, 2.24) is 0 Å². The van der Waals surface area contributed by atoms with Gasteiger partial charge in [-0.3, -0.25) is 0 Å². The molecule has 0 saturated carbocycles. The van der Waals surface area contributed by atoms with Crippen molar-refractivity contribution in [3.63, 3.8) is 0 Å². The van der Waals surface area contributed by atoms with Gasteiger partial charge < -0.3 is 8.37 Å². The lowest BCUT2D eigenvalue weighted by atomic mass is 10.5.